The minimum absolute atomic E-state index is 0.135. The molecule has 0 saturated heterocycles. The van der Waals surface area contributed by atoms with Crippen LogP contribution in [0.3, 0.4) is 0 Å². The molecular weight excluding hydrogens is 345 g/mol. The summed E-state index contributed by atoms with van der Waals surface area (Å²) >= 11 is 4.38. The first-order chi connectivity index (χ1) is 9.51. The molecule has 0 amide bonds. The smallest absolute Gasteiger partial charge is 0.336 e. The zero-order valence-corrected chi connectivity index (χ0v) is 12.3. The van der Waals surface area contributed by atoms with Crippen LogP contribution in [-0.2, 0) is 0 Å². The van der Waals surface area contributed by atoms with Crippen molar-refractivity contribution < 1.29 is 14.3 Å². The van der Waals surface area contributed by atoms with Crippen LogP contribution in [0.2, 0.25) is 0 Å². The second-order valence-corrected chi connectivity index (χ2v) is 5.77. The highest BCUT2D eigenvalue weighted by atomic mass is 79.9. The highest BCUT2D eigenvalue weighted by molar-refractivity contribution is 9.10. The summed E-state index contributed by atoms with van der Waals surface area (Å²) in [5.74, 6) is -1.52. The highest BCUT2D eigenvalue weighted by Crippen LogP contribution is 2.32. The Morgan fingerprint density at radius 2 is 2.05 bits per heavy atom. The zero-order valence-electron chi connectivity index (χ0n) is 9.93. The number of benzene rings is 2. The summed E-state index contributed by atoms with van der Waals surface area (Å²) in [7, 11) is 0. The molecule has 6 heteroatoms. The van der Waals surface area contributed by atoms with Crippen molar-refractivity contribution in [2.45, 2.75) is 9.79 Å². The Bertz CT molecular complexity index is 728. The predicted octanol–water partition coefficient (Wildman–Crippen LogP) is 4.31. The largest absolute Gasteiger partial charge is 0.478 e. The van der Waals surface area contributed by atoms with Crippen LogP contribution in [0, 0.1) is 17.1 Å². The van der Waals surface area contributed by atoms with Gasteiger partial charge in [0.1, 0.15) is 11.9 Å². The molecule has 0 unspecified atom stereocenters. The van der Waals surface area contributed by atoms with Gasteiger partial charge in [0.2, 0.25) is 0 Å². The maximum Gasteiger partial charge on any atom is 0.336 e. The van der Waals surface area contributed by atoms with Crippen LogP contribution in [0.15, 0.2) is 50.7 Å². The van der Waals surface area contributed by atoms with Crippen molar-refractivity contribution in [1.82, 2.24) is 0 Å². The van der Waals surface area contributed by atoms with E-state index in [0.29, 0.717) is 14.3 Å². The fraction of sp³-hybridized carbons (Fsp3) is 0. The average Bonchev–Trinajstić information content (AvgIpc) is 2.42. The van der Waals surface area contributed by atoms with Crippen LogP contribution in [0.1, 0.15) is 15.9 Å². The van der Waals surface area contributed by atoms with Gasteiger partial charge in [0.25, 0.3) is 0 Å². The predicted molar refractivity (Wildman–Crippen MR) is 76.3 cm³/mol. The standard InChI is InChI=1S/C14H7BrFNO2S/c15-12-3-2-10(6-11(12)14(18)19)20-13-4-1-9(16)5-8(13)7-17/h1-6H,(H,18,19). The van der Waals surface area contributed by atoms with Gasteiger partial charge in [-0.1, -0.05) is 11.8 Å². The van der Waals surface area contributed by atoms with E-state index in [1.54, 1.807) is 12.1 Å². The van der Waals surface area contributed by atoms with Gasteiger partial charge in [0, 0.05) is 14.3 Å². The Labute approximate surface area is 127 Å². The lowest BCUT2D eigenvalue weighted by Crippen LogP contribution is -1.97. The highest BCUT2D eigenvalue weighted by Gasteiger charge is 2.11. The Balaban J connectivity index is 2.38. The van der Waals surface area contributed by atoms with Crippen LogP contribution in [0.4, 0.5) is 4.39 Å². The number of rotatable bonds is 3. The second-order valence-electron chi connectivity index (χ2n) is 3.80. The molecule has 0 aliphatic carbocycles. The molecule has 3 nitrogen and oxygen atoms in total. The summed E-state index contributed by atoms with van der Waals surface area (Å²) in [4.78, 5) is 12.3. The fourth-order valence-corrected chi connectivity index (χ4v) is 2.87. The van der Waals surface area contributed by atoms with E-state index in [2.05, 4.69) is 15.9 Å². The van der Waals surface area contributed by atoms with Gasteiger partial charge in [-0.25, -0.2) is 9.18 Å². The number of halogens is 2. The van der Waals surface area contributed by atoms with Crippen LogP contribution in [0.5, 0.6) is 0 Å². The SMILES string of the molecule is N#Cc1cc(F)ccc1Sc1ccc(Br)c(C(=O)O)c1. The first-order valence-corrected chi connectivity index (χ1v) is 7.02. The first kappa shape index (κ1) is 14.6. The van der Waals surface area contributed by atoms with Crippen LogP contribution in [0.25, 0.3) is 0 Å². The maximum absolute atomic E-state index is 13.1. The van der Waals surface area contributed by atoms with E-state index in [4.69, 9.17) is 10.4 Å². The number of nitrogens with zero attached hydrogens (tertiary/aromatic N) is 1. The van der Waals surface area contributed by atoms with Crippen molar-refractivity contribution in [2.75, 3.05) is 0 Å². The molecule has 0 bridgehead atoms. The van der Waals surface area contributed by atoms with E-state index < -0.39 is 11.8 Å². The van der Waals surface area contributed by atoms with Gasteiger partial charge in [-0.2, -0.15) is 5.26 Å². The summed E-state index contributed by atoms with van der Waals surface area (Å²) < 4.78 is 13.5. The lowest BCUT2D eigenvalue weighted by atomic mass is 10.2. The van der Waals surface area contributed by atoms with Gasteiger partial charge in [-0.05, 0) is 52.3 Å². The number of carbonyl (C=O) groups is 1. The molecule has 0 saturated carbocycles. The van der Waals surface area contributed by atoms with Gasteiger partial charge in [0.05, 0.1) is 11.1 Å². The van der Waals surface area contributed by atoms with E-state index >= 15 is 0 Å². The van der Waals surface area contributed by atoms with Crippen molar-refractivity contribution in [2.24, 2.45) is 0 Å². The maximum atomic E-state index is 13.1. The molecule has 100 valence electrons. The number of aromatic carboxylic acids is 1. The molecule has 0 fully saturated rings. The van der Waals surface area contributed by atoms with Gasteiger partial charge in [0.15, 0.2) is 0 Å². The molecule has 0 atom stereocenters. The first-order valence-electron chi connectivity index (χ1n) is 5.41. The average molecular weight is 352 g/mol. The van der Waals surface area contributed by atoms with Crippen LogP contribution >= 0.6 is 27.7 Å². The third-order valence-corrected chi connectivity index (χ3v) is 4.22. The number of carboxylic acids is 1. The minimum Gasteiger partial charge on any atom is -0.478 e. The number of carboxylic acid groups (broad SMARTS) is 1. The van der Waals surface area contributed by atoms with E-state index in [0.717, 1.165) is 6.07 Å². The topological polar surface area (TPSA) is 61.1 Å². The summed E-state index contributed by atoms with van der Waals surface area (Å²) in [5.41, 5.74) is 0.352. The van der Waals surface area contributed by atoms with E-state index in [9.17, 15) is 9.18 Å². The van der Waals surface area contributed by atoms with Crippen molar-refractivity contribution in [3.05, 3.63) is 57.8 Å². The second kappa shape index (κ2) is 6.07. The Hall–Kier alpha value is -1.84. The van der Waals surface area contributed by atoms with Crippen molar-refractivity contribution in [3.8, 4) is 6.07 Å². The summed E-state index contributed by atoms with van der Waals surface area (Å²) in [6.45, 7) is 0. The quantitative estimate of drug-likeness (QED) is 0.894. The number of hydrogen-bond donors (Lipinski definition) is 1. The molecular formula is C14H7BrFNO2S. The Morgan fingerprint density at radius 1 is 1.30 bits per heavy atom. The number of nitriles is 1. The van der Waals surface area contributed by atoms with Crippen molar-refractivity contribution in [1.29, 1.82) is 5.26 Å². The molecule has 1 N–H and O–H groups in total. The third-order valence-electron chi connectivity index (χ3n) is 2.46. The van der Waals surface area contributed by atoms with Crippen molar-refractivity contribution >= 4 is 33.7 Å². The molecule has 0 radical (unpaired) electrons. The van der Waals surface area contributed by atoms with Gasteiger partial charge in [-0.3, -0.25) is 0 Å². The molecule has 0 heterocycles. The lowest BCUT2D eigenvalue weighted by Gasteiger charge is -2.06. The molecule has 2 rings (SSSR count). The zero-order chi connectivity index (χ0) is 14.7. The molecule has 0 aliphatic heterocycles. The van der Waals surface area contributed by atoms with Gasteiger partial charge >= 0.3 is 5.97 Å². The van der Waals surface area contributed by atoms with E-state index in [1.165, 1.54) is 30.0 Å². The summed E-state index contributed by atoms with van der Waals surface area (Å²) in [6.07, 6.45) is 0. The van der Waals surface area contributed by atoms with Crippen LogP contribution < -0.4 is 0 Å². The molecule has 0 aromatic heterocycles. The Kier molecular flexibility index (Phi) is 4.42. The Morgan fingerprint density at radius 3 is 2.70 bits per heavy atom. The minimum atomic E-state index is -1.04. The molecule has 20 heavy (non-hydrogen) atoms. The summed E-state index contributed by atoms with van der Waals surface area (Å²) in [5, 5.41) is 18.0. The fourth-order valence-electron chi connectivity index (χ4n) is 1.54. The van der Waals surface area contributed by atoms with Crippen LogP contribution in [-0.4, -0.2) is 11.1 Å². The number of hydrogen-bond acceptors (Lipinski definition) is 3. The van der Waals surface area contributed by atoms with Gasteiger partial charge < -0.3 is 5.11 Å². The van der Waals surface area contributed by atoms with E-state index in [1.807, 2.05) is 6.07 Å². The lowest BCUT2D eigenvalue weighted by molar-refractivity contribution is 0.0695. The molecule has 2 aromatic carbocycles. The molecule has 0 aliphatic rings. The summed E-state index contributed by atoms with van der Waals surface area (Å²) in [6, 6.07) is 10.7. The normalized spacial score (nSPS) is 10.1. The van der Waals surface area contributed by atoms with E-state index in [-0.39, 0.29) is 11.1 Å². The monoisotopic (exact) mass is 351 g/mol. The molecule has 0 spiro atoms. The third kappa shape index (κ3) is 3.18. The van der Waals surface area contributed by atoms with Crippen molar-refractivity contribution in [3.63, 3.8) is 0 Å². The molecule has 2 aromatic rings. The van der Waals surface area contributed by atoms with Gasteiger partial charge in [-0.15, -0.1) is 0 Å².